The van der Waals surface area contributed by atoms with Crippen molar-refractivity contribution in [3.8, 4) is 5.75 Å². The molecule has 0 aliphatic heterocycles. The molecule has 0 aliphatic rings. The lowest BCUT2D eigenvalue weighted by Crippen LogP contribution is -2.23. The van der Waals surface area contributed by atoms with Crippen molar-refractivity contribution >= 4 is 27.8 Å². The maximum Gasteiger partial charge on any atom is 0.371 e. The number of carbonyl (C=O) groups is 2. The van der Waals surface area contributed by atoms with Crippen LogP contribution in [0.2, 0.25) is 0 Å². The Labute approximate surface area is 128 Å². The van der Waals surface area contributed by atoms with E-state index < -0.39 is 5.97 Å². The zero-order chi connectivity index (χ0) is 15.4. The Morgan fingerprint density at radius 3 is 2.71 bits per heavy atom. The number of hydrogen-bond donors (Lipinski definition) is 2. The molecule has 2 N–H and O–H groups in total. The smallest absolute Gasteiger partial charge is 0.371 e. The number of carbonyl (C=O) groups excluding carboxylic acids is 1. The van der Waals surface area contributed by atoms with Gasteiger partial charge in [-0.1, -0.05) is 0 Å². The zero-order valence-corrected chi connectivity index (χ0v) is 12.6. The van der Waals surface area contributed by atoms with Crippen LogP contribution in [0.25, 0.3) is 0 Å². The van der Waals surface area contributed by atoms with Gasteiger partial charge in [0, 0.05) is 4.47 Å². The van der Waals surface area contributed by atoms with Crippen molar-refractivity contribution in [2.24, 2.45) is 0 Å². The fourth-order valence-electron chi connectivity index (χ4n) is 1.66. The molecule has 0 aliphatic carbocycles. The first-order valence-corrected chi connectivity index (χ1v) is 6.74. The quantitative estimate of drug-likeness (QED) is 0.862. The topological polar surface area (TPSA) is 88.8 Å². The van der Waals surface area contributed by atoms with Gasteiger partial charge in [-0.25, -0.2) is 4.79 Å². The summed E-state index contributed by atoms with van der Waals surface area (Å²) in [7, 11) is 1.52. The second kappa shape index (κ2) is 6.45. The van der Waals surface area contributed by atoms with E-state index in [9.17, 15) is 9.59 Å². The molecule has 6 nitrogen and oxygen atoms in total. The molecule has 1 heterocycles. The predicted octanol–water partition coefficient (Wildman–Crippen LogP) is 2.68. The van der Waals surface area contributed by atoms with E-state index in [4.69, 9.17) is 14.3 Å². The van der Waals surface area contributed by atoms with Crippen LogP contribution in [0.4, 0.5) is 0 Å². The molecule has 0 radical (unpaired) electrons. The number of benzene rings is 1. The number of carboxylic acids is 1. The normalized spacial score (nSPS) is 10.2. The zero-order valence-electron chi connectivity index (χ0n) is 11.1. The van der Waals surface area contributed by atoms with Crippen LogP contribution in [0, 0.1) is 0 Å². The van der Waals surface area contributed by atoms with Crippen LogP contribution in [0.3, 0.4) is 0 Å². The molecule has 0 spiro atoms. The van der Waals surface area contributed by atoms with Crippen LogP contribution in [0.1, 0.15) is 26.7 Å². The number of carboxylic acid groups (broad SMARTS) is 1. The van der Waals surface area contributed by atoms with Crippen molar-refractivity contribution in [1.29, 1.82) is 0 Å². The lowest BCUT2D eigenvalue weighted by molar-refractivity contribution is 0.0660. The second-order valence-electron chi connectivity index (χ2n) is 4.10. The SMILES string of the molecule is COc1ccc(Br)c(C(=O)NCc2ccc(C(=O)O)o2)c1. The Hall–Kier alpha value is -2.28. The van der Waals surface area contributed by atoms with Gasteiger partial charge in [0.05, 0.1) is 19.2 Å². The van der Waals surface area contributed by atoms with E-state index in [0.29, 0.717) is 21.5 Å². The average molecular weight is 354 g/mol. The summed E-state index contributed by atoms with van der Waals surface area (Å²) in [4.78, 5) is 22.8. The van der Waals surface area contributed by atoms with Gasteiger partial charge >= 0.3 is 5.97 Å². The Kier molecular flexibility index (Phi) is 4.64. The van der Waals surface area contributed by atoms with E-state index >= 15 is 0 Å². The molecule has 21 heavy (non-hydrogen) atoms. The predicted molar refractivity (Wildman–Crippen MR) is 77.5 cm³/mol. The highest BCUT2D eigenvalue weighted by Gasteiger charge is 2.13. The Balaban J connectivity index is 2.05. The summed E-state index contributed by atoms with van der Waals surface area (Å²) in [5.74, 6) is -0.715. The second-order valence-corrected chi connectivity index (χ2v) is 4.95. The number of aromatic carboxylic acids is 1. The molecule has 1 amide bonds. The molecular formula is C14H12BrNO5. The lowest BCUT2D eigenvalue weighted by atomic mass is 10.2. The van der Waals surface area contributed by atoms with Crippen molar-refractivity contribution in [3.05, 3.63) is 51.9 Å². The monoisotopic (exact) mass is 353 g/mol. The van der Waals surface area contributed by atoms with Gasteiger partial charge in [0.15, 0.2) is 0 Å². The van der Waals surface area contributed by atoms with Crippen LogP contribution in [0.5, 0.6) is 5.75 Å². The van der Waals surface area contributed by atoms with E-state index in [2.05, 4.69) is 21.2 Å². The molecule has 110 valence electrons. The Morgan fingerprint density at radius 2 is 2.10 bits per heavy atom. The largest absolute Gasteiger partial charge is 0.497 e. The van der Waals surface area contributed by atoms with Gasteiger partial charge in [-0.2, -0.15) is 0 Å². The molecule has 2 aromatic rings. The van der Waals surface area contributed by atoms with Gasteiger partial charge < -0.3 is 19.6 Å². The fourth-order valence-corrected chi connectivity index (χ4v) is 2.08. The third-order valence-corrected chi connectivity index (χ3v) is 3.41. The highest BCUT2D eigenvalue weighted by atomic mass is 79.9. The van der Waals surface area contributed by atoms with E-state index in [1.54, 1.807) is 18.2 Å². The lowest BCUT2D eigenvalue weighted by Gasteiger charge is -2.07. The number of hydrogen-bond acceptors (Lipinski definition) is 4. The molecule has 0 unspecified atom stereocenters. The molecule has 7 heteroatoms. The van der Waals surface area contributed by atoms with Crippen molar-refractivity contribution < 1.29 is 23.8 Å². The van der Waals surface area contributed by atoms with Crippen molar-refractivity contribution in [3.63, 3.8) is 0 Å². The first-order valence-electron chi connectivity index (χ1n) is 5.95. The van der Waals surface area contributed by atoms with Gasteiger partial charge in [-0.05, 0) is 46.3 Å². The maximum atomic E-state index is 12.1. The molecule has 2 rings (SSSR count). The summed E-state index contributed by atoms with van der Waals surface area (Å²) < 4.78 is 10.8. The molecule has 0 bridgehead atoms. The summed E-state index contributed by atoms with van der Waals surface area (Å²) in [5.41, 5.74) is 0.416. The van der Waals surface area contributed by atoms with Crippen LogP contribution in [-0.4, -0.2) is 24.1 Å². The van der Waals surface area contributed by atoms with Crippen LogP contribution >= 0.6 is 15.9 Å². The molecule has 0 saturated heterocycles. The minimum atomic E-state index is -1.15. The van der Waals surface area contributed by atoms with Gasteiger partial charge in [0.25, 0.3) is 5.91 Å². The summed E-state index contributed by atoms with van der Waals surface area (Å²) in [6.45, 7) is 0.0930. The molecule has 1 aromatic carbocycles. The molecule has 0 atom stereocenters. The van der Waals surface area contributed by atoms with E-state index in [1.165, 1.54) is 19.2 Å². The van der Waals surface area contributed by atoms with Crippen LogP contribution in [-0.2, 0) is 6.54 Å². The number of nitrogens with one attached hydrogen (secondary N) is 1. The standard InChI is InChI=1S/C14H12BrNO5/c1-20-8-2-4-11(15)10(6-8)13(17)16-7-9-3-5-12(21-9)14(18)19/h2-6H,7H2,1H3,(H,16,17)(H,18,19). The molecule has 0 fully saturated rings. The highest BCUT2D eigenvalue weighted by molar-refractivity contribution is 9.10. The van der Waals surface area contributed by atoms with Gasteiger partial charge in [0.1, 0.15) is 11.5 Å². The minimum Gasteiger partial charge on any atom is -0.497 e. The Bertz CT molecular complexity index is 680. The first-order chi connectivity index (χ1) is 10.0. The van der Waals surface area contributed by atoms with Crippen molar-refractivity contribution in [1.82, 2.24) is 5.32 Å². The fraction of sp³-hybridized carbons (Fsp3) is 0.143. The highest BCUT2D eigenvalue weighted by Crippen LogP contribution is 2.22. The Morgan fingerprint density at radius 1 is 1.33 bits per heavy atom. The average Bonchev–Trinajstić information content (AvgIpc) is 2.94. The van der Waals surface area contributed by atoms with Gasteiger partial charge in [-0.15, -0.1) is 0 Å². The van der Waals surface area contributed by atoms with Gasteiger partial charge in [-0.3, -0.25) is 4.79 Å². The number of furan rings is 1. The van der Waals surface area contributed by atoms with E-state index in [0.717, 1.165) is 0 Å². The molecule has 1 aromatic heterocycles. The summed E-state index contributed by atoms with van der Waals surface area (Å²) >= 11 is 3.29. The van der Waals surface area contributed by atoms with Crippen LogP contribution in [0.15, 0.2) is 39.2 Å². The molecule has 0 saturated carbocycles. The summed E-state index contributed by atoms with van der Waals surface area (Å²) in [5, 5.41) is 11.4. The summed E-state index contributed by atoms with van der Waals surface area (Å²) in [6, 6.07) is 7.88. The number of amides is 1. The van der Waals surface area contributed by atoms with Crippen molar-refractivity contribution in [2.75, 3.05) is 7.11 Å². The van der Waals surface area contributed by atoms with Crippen molar-refractivity contribution in [2.45, 2.75) is 6.54 Å². The van der Waals surface area contributed by atoms with Crippen LogP contribution < -0.4 is 10.1 Å². The van der Waals surface area contributed by atoms with Gasteiger partial charge in [0.2, 0.25) is 5.76 Å². The number of methoxy groups -OCH3 is 1. The van der Waals surface area contributed by atoms with E-state index in [-0.39, 0.29) is 18.2 Å². The van der Waals surface area contributed by atoms with E-state index in [1.807, 2.05) is 0 Å². The number of ether oxygens (including phenoxy) is 1. The first kappa shape index (κ1) is 15.1. The third kappa shape index (κ3) is 3.63. The summed E-state index contributed by atoms with van der Waals surface area (Å²) in [6.07, 6.45) is 0. The number of halogens is 1. The number of rotatable bonds is 5. The minimum absolute atomic E-state index is 0.0930. The maximum absolute atomic E-state index is 12.1. The third-order valence-electron chi connectivity index (χ3n) is 2.71. The molecular weight excluding hydrogens is 342 g/mol.